The molecule has 12 heteroatoms. The quantitative estimate of drug-likeness (QED) is 0.722. The molecule has 2 aliphatic heterocycles. The minimum Gasteiger partial charge on any atom is -0.366 e. The Morgan fingerprint density at radius 2 is 2.09 bits per heavy atom. The second kappa shape index (κ2) is 8.84. The Hall–Kier alpha value is -3.04. The van der Waals surface area contributed by atoms with Crippen molar-refractivity contribution in [2.24, 2.45) is 0 Å². The number of carbonyl (C=O) groups excluding carboxylic acids is 2. The van der Waals surface area contributed by atoms with Gasteiger partial charge in [-0.05, 0) is 24.3 Å². The van der Waals surface area contributed by atoms with Gasteiger partial charge in [0, 0.05) is 36.1 Å². The van der Waals surface area contributed by atoms with Gasteiger partial charge in [-0.1, -0.05) is 0 Å². The number of hydrogen-bond donors (Lipinski definition) is 1. The molecule has 32 heavy (non-hydrogen) atoms. The summed E-state index contributed by atoms with van der Waals surface area (Å²) in [6.45, 7) is -0.0892. The first kappa shape index (κ1) is 22.2. The number of thioether (sulfide) groups is 1. The topological polar surface area (TPSA) is 98.6 Å². The van der Waals surface area contributed by atoms with Crippen LogP contribution in [0, 0.1) is 11.3 Å². The zero-order chi connectivity index (χ0) is 22.9. The molecule has 2 aliphatic rings. The van der Waals surface area contributed by atoms with Crippen LogP contribution >= 0.6 is 11.8 Å². The molecule has 0 saturated carbocycles. The van der Waals surface area contributed by atoms with E-state index in [1.165, 1.54) is 28.9 Å². The Morgan fingerprint density at radius 3 is 2.81 bits per heavy atom. The molecule has 4 rings (SSSR count). The van der Waals surface area contributed by atoms with E-state index in [1.807, 2.05) is 0 Å². The normalized spacial score (nSPS) is 19.0. The number of nitrogens with one attached hydrogen (secondary N) is 1. The number of nitrogens with zero attached hydrogens (tertiary/aromatic N) is 4. The summed E-state index contributed by atoms with van der Waals surface area (Å²) in [5.41, 5.74) is 1.47. The third-order valence-electron chi connectivity index (χ3n) is 5.24. The zero-order valence-electron chi connectivity index (χ0n) is 16.6. The van der Waals surface area contributed by atoms with E-state index >= 15 is 0 Å². The van der Waals surface area contributed by atoms with Gasteiger partial charge in [0.25, 0.3) is 5.91 Å². The van der Waals surface area contributed by atoms with Gasteiger partial charge in [0.05, 0.1) is 29.6 Å². The van der Waals surface area contributed by atoms with Crippen molar-refractivity contribution in [1.29, 1.82) is 5.26 Å². The minimum absolute atomic E-state index is 0.0786. The van der Waals surface area contributed by atoms with Gasteiger partial charge < -0.3 is 15.1 Å². The highest BCUT2D eigenvalue weighted by molar-refractivity contribution is 7.99. The molecular weight excluding hydrogens is 447 g/mol. The van der Waals surface area contributed by atoms with Gasteiger partial charge in [0.1, 0.15) is 12.1 Å². The molecule has 0 bridgehead atoms. The lowest BCUT2D eigenvalue weighted by atomic mass is 10.0. The van der Waals surface area contributed by atoms with Crippen molar-refractivity contribution in [1.82, 2.24) is 15.2 Å². The fourth-order valence-corrected chi connectivity index (χ4v) is 4.69. The molecule has 0 spiro atoms. The van der Waals surface area contributed by atoms with Gasteiger partial charge in [0.15, 0.2) is 0 Å². The SMILES string of the molecule is N#C[C@@H]1CSCN1C(=O)CNC(=O)c1ccnc2ccc(N3CC(OC(F)(F)F)C3)cc12. The van der Waals surface area contributed by atoms with E-state index in [-0.39, 0.29) is 25.5 Å². The molecule has 0 aliphatic carbocycles. The minimum atomic E-state index is -4.67. The van der Waals surface area contributed by atoms with Crippen LogP contribution in [0.4, 0.5) is 18.9 Å². The molecule has 8 nitrogen and oxygen atoms in total. The summed E-state index contributed by atoms with van der Waals surface area (Å²) in [6.07, 6.45) is -4.14. The van der Waals surface area contributed by atoms with Gasteiger partial charge in [-0.25, -0.2) is 0 Å². The third kappa shape index (κ3) is 4.73. The molecule has 168 valence electrons. The molecule has 1 N–H and O–H groups in total. The zero-order valence-corrected chi connectivity index (χ0v) is 17.4. The number of benzene rings is 1. The summed E-state index contributed by atoms with van der Waals surface area (Å²) in [4.78, 5) is 32.5. The monoisotopic (exact) mass is 465 g/mol. The summed E-state index contributed by atoms with van der Waals surface area (Å²) in [7, 11) is 0. The number of ether oxygens (including phenoxy) is 1. The van der Waals surface area contributed by atoms with Crippen LogP contribution in [0.25, 0.3) is 10.9 Å². The molecule has 0 unspecified atom stereocenters. The number of fused-ring (bicyclic) bond motifs is 1. The third-order valence-corrected chi connectivity index (χ3v) is 6.25. The summed E-state index contributed by atoms with van der Waals surface area (Å²) in [5.74, 6) is 0.123. The maximum Gasteiger partial charge on any atom is 0.522 e. The predicted octanol–water partition coefficient (Wildman–Crippen LogP) is 2.11. The van der Waals surface area contributed by atoms with Gasteiger partial charge >= 0.3 is 6.36 Å². The number of hydrogen-bond acceptors (Lipinski definition) is 7. The Morgan fingerprint density at radius 1 is 1.31 bits per heavy atom. The predicted molar refractivity (Wildman–Crippen MR) is 111 cm³/mol. The number of aromatic nitrogens is 1. The lowest BCUT2D eigenvalue weighted by Gasteiger charge is -2.40. The molecule has 2 amide bonds. The lowest BCUT2D eigenvalue weighted by molar-refractivity contribution is -0.344. The second-order valence-electron chi connectivity index (χ2n) is 7.34. The number of amides is 2. The van der Waals surface area contributed by atoms with E-state index in [4.69, 9.17) is 5.26 Å². The van der Waals surface area contributed by atoms with Crippen molar-refractivity contribution in [3.05, 3.63) is 36.0 Å². The molecular formula is C20H18F3N5O3S. The number of anilines is 1. The number of carbonyl (C=O) groups is 2. The fourth-order valence-electron chi connectivity index (χ4n) is 3.59. The first-order chi connectivity index (χ1) is 15.2. The van der Waals surface area contributed by atoms with Crippen LogP contribution in [0.3, 0.4) is 0 Å². The van der Waals surface area contributed by atoms with Crippen molar-refractivity contribution in [3.8, 4) is 6.07 Å². The second-order valence-corrected chi connectivity index (χ2v) is 8.34. The van der Waals surface area contributed by atoms with Gasteiger partial charge in [0.2, 0.25) is 5.91 Å². The highest BCUT2D eigenvalue weighted by Gasteiger charge is 2.39. The van der Waals surface area contributed by atoms with Crippen LogP contribution in [0.2, 0.25) is 0 Å². The van der Waals surface area contributed by atoms with Gasteiger partial charge in [-0.2, -0.15) is 5.26 Å². The Kier molecular flexibility index (Phi) is 6.12. The number of halogens is 3. The first-order valence-corrected chi connectivity index (χ1v) is 10.8. The Labute approximate surface area is 185 Å². The Balaban J connectivity index is 1.45. The summed E-state index contributed by atoms with van der Waals surface area (Å²) < 4.78 is 41.0. The summed E-state index contributed by atoms with van der Waals surface area (Å²) in [5, 5.41) is 12.2. The summed E-state index contributed by atoms with van der Waals surface area (Å²) in [6, 6.07) is 8.17. The number of pyridine rings is 1. The number of alkyl halides is 3. The van der Waals surface area contributed by atoms with Crippen LogP contribution in [-0.2, 0) is 9.53 Å². The summed E-state index contributed by atoms with van der Waals surface area (Å²) >= 11 is 1.48. The van der Waals surface area contributed by atoms with Crippen molar-refractivity contribution in [3.63, 3.8) is 0 Å². The lowest BCUT2D eigenvalue weighted by Crippen LogP contribution is -2.54. The molecule has 2 saturated heterocycles. The van der Waals surface area contributed by atoms with Crippen LogP contribution in [0.1, 0.15) is 10.4 Å². The van der Waals surface area contributed by atoms with Crippen molar-refractivity contribution < 1.29 is 27.5 Å². The molecule has 2 fully saturated rings. The van der Waals surface area contributed by atoms with E-state index in [1.54, 1.807) is 23.1 Å². The largest absolute Gasteiger partial charge is 0.522 e. The average Bonchev–Trinajstić information content (AvgIpc) is 3.21. The Bertz CT molecular complexity index is 1080. The maximum atomic E-state index is 12.8. The van der Waals surface area contributed by atoms with Crippen LogP contribution in [0.15, 0.2) is 30.5 Å². The van der Waals surface area contributed by atoms with Gasteiger partial charge in [-0.3, -0.25) is 19.3 Å². The highest BCUT2D eigenvalue weighted by Crippen LogP contribution is 2.30. The smallest absolute Gasteiger partial charge is 0.366 e. The molecule has 1 aromatic heterocycles. The number of rotatable bonds is 5. The fraction of sp³-hybridized carbons (Fsp3) is 0.400. The molecule has 0 radical (unpaired) electrons. The van der Waals surface area contributed by atoms with Crippen LogP contribution in [0.5, 0.6) is 0 Å². The van der Waals surface area contributed by atoms with E-state index in [0.717, 1.165) is 0 Å². The van der Waals surface area contributed by atoms with E-state index in [9.17, 15) is 22.8 Å². The van der Waals surface area contributed by atoms with Crippen molar-refractivity contribution >= 4 is 40.2 Å². The van der Waals surface area contributed by atoms with Gasteiger partial charge in [-0.15, -0.1) is 24.9 Å². The number of nitriles is 1. The average molecular weight is 465 g/mol. The van der Waals surface area contributed by atoms with E-state index in [2.05, 4.69) is 21.1 Å². The molecule has 3 heterocycles. The maximum absolute atomic E-state index is 12.8. The van der Waals surface area contributed by atoms with Crippen LogP contribution < -0.4 is 10.2 Å². The highest BCUT2D eigenvalue weighted by atomic mass is 32.2. The first-order valence-electron chi connectivity index (χ1n) is 9.68. The van der Waals surface area contributed by atoms with Crippen molar-refractivity contribution in [2.75, 3.05) is 36.2 Å². The standard InChI is InChI=1S/C20H18F3N5O3S/c21-20(22,23)31-14-8-27(9-14)12-1-2-17-16(5-12)15(3-4-25-17)19(30)26-7-18(29)28-11-32-10-13(28)6-24/h1-5,13-14H,7-11H2,(H,26,30)/t13-/m1/s1. The molecule has 1 aromatic carbocycles. The van der Waals surface area contributed by atoms with Crippen molar-refractivity contribution in [2.45, 2.75) is 18.5 Å². The van der Waals surface area contributed by atoms with E-state index in [0.29, 0.717) is 33.8 Å². The van der Waals surface area contributed by atoms with E-state index < -0.39 is 24.4 Å². The molecule has 1 atom stereocenters. The molecule has 2 aromatic rings. The van der Waals surface area contributed by atoms with Crippen LogP contribution in [-0.4, -0.2) is 71.5 Å².